The number of pyridine rings is 1. The van der Waals surface area contributed by atoms with Crippen molar-refractivity contribution in [2.45, 2.75) is 13.5 Å². The van der Waals surface area contributed by atoms with Crippen LogP contribution >= 0.6 is 7.82 Å². The molecule has 1 aromatic heterocycles. The summed E-state index contributed by atoms with van der Waals surface area (Å²) in [4.78, 5) is 35.8. The molecule has 0 saturated heterocycles. The molecular formula is C10H13N2O8P. The van der Waals surface area contributed by atoms with Crippen molar-refractivity contribution >= 4 is 20.0 Å². The predicted molar refractivity (Wildman–Crippen MR) is 68.7 cm³/mol. The minimum Gasteiger partial charge on any atom is -0.505 e. The third-order valence-corrected chi connectivity index (χ3v) is 2.66. The molecule has 0 bridgehead atoms. The van der Waals surface area contributed by atoms with Gasteiger partial charge in [-0.1, -0.05) is 5.16 Å². The van der Waals surface area contributed by atoms with Crippen molar-refractivity contribution < 1.29 is 38.7 Å². The third kappa shape index (κ3) is 5.88. The highest BCUT2D eigenvalue weighted by atomic mass is 31.2. The fourth-order valence-electron chi connectivity index (χ4n) is 1.25. The van der Waals surface area contributed by atoms with Crippen LogP contribution in [0.4, 0.5) is 0 Å². The molecule has 21 heavy (non-hydrogen) atoms. The summed E-state index contributed by atoms with van der Waals surface area (Å²) in [5.41, 5.74) is 0.444. The van der Waals surface area contributed by atoms with Gasteiger partial charge in [0.1, 0.15) is 5.75 Å². The first kappa shape index (κ1) is 17.1. The van der Waals surface area contributed by atoms with Crippen molar-refractivity contribution in [3.05, 3.63) is 23.0 Å². The zero-order valence-corrected chi connectivity index (χ0v) is 11.7. The van der Waals surface area contributed by atoms with Crippen molar-refractivity contribution in [2.24, 2.45) is 5.16 Å². The average Bonchev–Trinajstić information content (AvgIpc) is 2.36. The fourth-order valence-corrected chi connectivity index (χ4v) is 1.55. The summed E-state index contributed by atoms with van der Waals surface area (Å²) in [6, 6.07) is 0. The topological polar surface area (TPSA) is 159 Å². The van der Waals surface area contributed by atoms with Crippen molar-refractivity contribution in [1.29, 1.82) is 0 Å². The van der Waals surface area contributed by atoms with Gasteiger partial charge in [-0.2, -0.15) is 0 Å². The molecule has 0 fully saturated rings. The van der Waals surface area contributed by atoms with E-state index in [2.05, 4.69) is 19.5 Å². The zero-order valence-electron chi connectivity index (χ0n) is 10.8. The monoisotopic (exact) mass is 320 g/mol. The van der Waals surface area contributed by atoms with E-state index in [0.717, 1.165) is 6.21 Å². The Hall–Kier alpha value is -2.00. The molecule has 0 aliphatic rings. The number of rotatable bonds is 7. The second kappa shape index (κ2) is 7.14. The summed E-state index contributed by atoms with van der Waals surface area (Å²) >= 11 is 0. The number of phosphoric acid groups is 1. The van der Waals surface area contributed by atoms with Gasteiger partial charge in [0.05, 0.1) is 18.5 Å². The van der Waals surface area contributed by atoms with Crippen molar-refractivity contribution in [1.82, 2.24) is 4.98 Å². The summed E-state index contributed by atoms with van der Waals surface area (Å²) in [7, 11) is -4.69. The van der Waals surface area contributed by atoms with Crippen LogP contribution in [-0.4, -0.2) is 43.8 Å². The van der Waals surface area contributed by atoms with E-state index in [9.17, 15) is 14.5 Å². The molecule has 0 spiro atoms. The van der Waals surface area contributed by atoms with Crippen LogP contribution in [0.1, 0.15) is 16.8 Å². The molecule has 0 aliphatic carbocycles. The van der Waals surface area contributed by atoms with Gasteiger partial charge in [-0.25, -0.2) is 9.36 Å². The summed E-state index contributed by atoms with van der Waals surface area (Å²) in [6.45, 7) is 0.305. The standard InChI is InChI=1S/C10H13N2O8P/c1-6-10(15)8(3-12-19-5-9(13)14)7(2-11-6)4-20-21(16,17)18/h2-3,15H,4-5H2,1H3,(H,13,14)(H2,16,17,18)/b12-3+. The number of carboxylic acid groups (broad SMARTS) is 1. The van der Waals surface area contributed by atoms with E-state index < -0.39 is 27.0 Å². The molecular weight excluding hydrogens is 307 g/mol. The number of phosphoric ester groups is 1. The average molecular weight is 320 g/mol. The van der Waals surface area contributed by atoms with Crippen LogP contribution in [0.3, 0.4) is 0 Å². The summed E-state index contributed by atoms with van der Waals surface area (Å²) < 4.78 is 15.0. The molecule has 116 valence electrons. The van der Waals surface area contributed by atoms with Gasteiger partial charge in [0, 0.05) is 17.3 Å². The Balaban J connectivity index is 2.95. The van der Waals surface area contributed by atoms with Gasteiger partial charge >= 0.3 is 13.8 Å². The first-order chi connectivity index (χ1) is 9.70. The van der Waals surface area contributed by atoms with Crippen LogP contribution in [0.25, 0.3) is 0 Å². The smallest absolute Gasteiger partial charge is 0.469 e. The second-order valence-corrected chi connectivity index (χ2v) is 5.04. The van der Waals surface area contributed by atoms with E-state index in [1.807, 2.05) is 0 Å². The Morgan fingerprint density at radius 2 is 2.19 bits per heavy atom. The van der Waals surface area contributed by atoms with Crippen LogP contribution in [-0.2, 0) is 25.3 Å². The molecule has 0 atom stereocenters. The zero-order chi connectivity index (χ0) is 16.0. The molecule has 11 heteroatoms. The van der Waals surface area contributed by atoms with Crippen LogP contribution < -0.4 is 0 Å². The number of aliphatic carboxylic acids is 1. The van der Waals surface area contributed by atoms with Gasteiger partial charge in [0.25, 0.3) is 0 Å². The SMILES string of the molecule is Cc1ncc(COP(=O)(O)O)c(/C=N/OCC(=O)O)c1O. The number of hydrogen-bond acceptors (Lipinski definition) is 7. The van der Waals surface area contributed by atoms with Crippen LogP contribution in [0.15, 0.2) is 11.4 Å². The number of carbonyl (C=O) groups is 1. The molecule has 0 unspecified atom stereocenters. The van der Waals surface area contributed by atoms with E-state index >= 15 is 0 Å². The maximum atomic E-state index is 10.7. The molecule has 4 N–H and O–H groups in total. The number of oxime groups is 1. The minimum atomic E-state index is -4.69. The van der Waals surface area contributed by atoms with Crippen LogP contribution in [0.5, 0.6) is 5.75 Å². The number of carboxylic acids is 1. The van der Waals surface area contributed by atoms with Crippen LogP contribution in [0, 0.1) is 6.92 Å². The molecule has 10 nitrogen and oxygen atoms in total. The first-order valence-corrected chi connectivity index (χ1v) is 6.98. The van der Waals surface area contributed by atoms with Crippen LogP contribution in [0.2, 0.25) is 0 Å². The molecule has 0 radical (unpaired) electrons. The Bertz CT molecular complexity index is 597. The van der Waals surface area contributed by atoms with Gasteiger partial charge in [-0.05, 0) is 6.92 Å². The van der Waals surface area contributed by atoms with Gasteiger partial charge in [-0.15, -0.1) is 0 Å². The predicted octanol–water partition coefficient (Wildman–Crippen LogP) is 0.140. The van der Waals surface area contributed by atoms with Crippen molar-refractivity contribution in [2.75, 3.05) is 6.61 Å². The highest BCUT2D eigenvalue weighted by Crippen LogP contribution is 2.37. The van der Waals surface area contributed by atoms with Gasteiger partial charge in [0.2, 0.25) is 6.61 Å². The van der Waals surface area contributed by atoms with Crippen molar-refractivity contribution in [3.8, 4) is 5.75 Å². The highest BCUT2D eigenvalue weighted by molar-refractivity contribution is 7.46. The third-order valence-electron chi connectivity index (χ3n) is 2.19. The lowest BCUT2D eigenvalue weighted by Gasteiger charge is -2.10. The van der Waals surface area contributed by atoms with E-state index in [0.29, 0.717) is 0 Å². The number of aromatic nitrogens is 1. The fraction of sp³-hybridized carbons (Fsp3) is 0.300. The molecule has 1 aromatic rings. The maximum Gasteiger partial charge on any atom is 0.469 e. The number of aryl methyl sites for hydroxylation is 1. The molecule has 0 amide bonds. The molecule has 1 heterocycles. The maximum absolute atomic E-state index is 10.7. The Morgan fingerprint density at radius 1 is 1.52 bits per heavy atom. The lowest BCUT2D eigenvalue weighted by molar-refractivity contribution is -0.142. The molecule has 0 saturated carbocycles. The van der Waals surface area contributed by atoms with Gasteiger partial charge in [0.15, 0.2) is 0 Å². The minimum absolute atomic E-state index is 0.0568. The van der Waals surface area contributed by atoms with E-state index in [1.54, 1.807) is 0 Å². The number of nitrogens with zero attached hydrogens (tertiary/aromatic N) is 2. The van der Waals surface area contributed by atoms with Gasteiger partial charge in [-0.3, -0.25) is 9.51 Å². The Labute approximate surface area is 118 Å². The molecule has 1 rings (SSSR count). The largest absolute Gasteiger partial charge is 0.505 e. The summed E-state index contributed by atoms with van der Waals surface area (Å²) in [6.07, 6.45) is 2.24. The van der Waals surface area contributed by atoms with E-state index in [1.165, 1.54) is 13.1 Å². The van der Waals surface area contributed by atoms with Gasteiger partial charge < -0.3 is 24.8 Å². The van der Waals surface area contributed by atoms with Crippen molar-refractivity contribution in [3.63, 3.8) is 0 Å². The van der Waals surface area contributed by atoms with E-state index in [4.69, 9.17) is 14.9 Å². The molecule has 0 aromatic carbocycles. The first-order valence-electron chi connectivity index (χ1n) is 5.45. The number of aromatic hydroxyl groups is 1. The lowest BCUT2D eigenvalue weighted by atomic mass is 10.1. The normalized spacial score (nSPS) is 11.8. The van der Waals surface area contributed by atoms with E-state index in [-0.39, 0.29) is 22.6 Å². The summed E-state index contributed by atoms with van der Waals surface area (Å²) in [5, 5.41) is 21.6. The summed E-state index contributed by atoms with van der Waals surface area (Å²) in [5.74, 6) is -1.52. The number of hydrogen-bond donors (Lipinski definition) is 4. The lowest BCUT2D eigenvalue weighted by Crippen LogP contribution is -2.04. The quantitative estimate of drug-likeness (QED) is 0.311. The molecule has 0 aliphatic heterocycles. The highest BCUT2D eigenvalue weighted by Gasteiger charge is 2.17. The Morgan fingerprint density at radius 3 is 2.76 bits per heavy atom. The Kier molecular flexibility index (Phi) is 5.79. The second-order valence-electron chi connectivity index (χ2n) is 3.80.